The van der Waals surface area contributed by atoms with Crippen molar-refractivity contribution < 1.29 is 24.1 Å². The van der Waals surface area contributed by atoms with Gasteiger partial charge in [0, 0.05) is 6.42 Å². The molecule has 2 N–H and O–H groups in total. The fourth-order valence-electron chi connectivity index (χ4n) is 4.76. The highest BCUT2D eigenvalue weighted by atomic mass is 19.1. The monoisotopic (exact) mass is 437 g/mol. The fraction of sp³-hybridized carbons (Fsp3) is 0.708. The van der Waals surface area contributed by atoms with Crippen molar-refractivity contribution in [3.05, 3.63) is 40.6 Å². The highest BCUT2D eigenvalue weighted by Gasteiger charge is 2.42. The van der Waals surface area contributed by atoms with Crippen molar-refractivity contribution in [2.75, 3.05) is 7.11 Å². The Kier molecular flexibility index (Phi) is 11.1. The van der Waals surface area contributed by atoms with Gasteiger partial charge in [0.1, 0.15) is 5.82 Å². The summed E-state index contributed by atoms with van der Waals surface area (Å²) < 4.78 is 17.9. The quantitative estimate of drug-likeness (QED) is 0.253. The first kappa shape index (κ1) is 25.4. The molecule has 2 rings (SSSR count). The predicted octanol–water partition coefficient (Wildman–Crippen LogP) is 4.55. The number of rotatable bonds is 14. The van der Waals surface area contributed by atoms with Crippen molar-refractivity contribution in [3.63, 3.8) is 0 Å². The molecule has 1 aliphatic carbocycles. The summed E-state index contributed by atoms with van der Waals surface area (Å²) in [5, 5.41) is 24.1. The van der Waals surface area contributed by atoms with Crippen LogP contribution in [0.1, 0.15) is 69.8 Å². The lowest BCUT2D eigenvalue weighted by Gasteiger charge is -2.24. The van der Waals surface area contributed by atoms with E-state index in [4.69, 9.17) is 0 Å². The number of carbonyl (C=O) groups excluding carboxylic acids is 1. The van der Waals surface area contributed by atoms with E-state index in [2.05, 4.69) is 9.91 Å². The first-order valence-electron chi connectivity index (χ1n) is 11.4. The number of aliphatic hydroxyl groups is 2. The van der Waals surface area contributed by atoms with Crippen LogP contribution in [-0.4, -0.2) is 41.5 Å². The molecule has 5 unspecified atom stereocenters. The molecule has 174 valence electrons. The maximum atomic E-state index is 13.3. The second-order valence-electron chi connectivity index (χ2n) is 8.73. The Labute approximate surface area is 184 Å². The zero-order chi connectivity index (χ0) is 22.6. The number of ether oxygens (including phenoxy) is 1. The van der Waals surface area contributed by atoms with Crippen LogP contribution in [0.25, 0.3) is 0 Å². The molecule has 1 aromatic carbocycles. The Bertz CT molecular complexity index is 686. The Morgan fingerprint density at radius 2 is 1.97 bits per heavy atom. The van der Waals surface area contributed by atoms with Gasteiger partial charge in [0.05, 0.1) is 25.4 Å². The zero-order valence-electron chi connectivity index (χ0n) is 18.4. The van der Waals surface area contributed by atoms with Crippen LogP contribution >= 0.6 is 0 Å². The van der Waals surface area contributed by atoms with Gasteiger partial charge in [-0.15, -0.1) is 0 Å². The summed E-state index contributed by atoms with van der Waals surface area (Å²) in [6.45, 7) is 0. The Morgan fingerprint density at radius 1 is 1.19 bits per heavy atom. The zero-order valence-corrected chi connectivity index (χ0v) is 18.4. The topological polar surface area (TPSA) is 96.2 Å². The first-order chi connectivity index (χ1) is 14.9. The summed E-state index contributed by atoms with van der Waals surface area (Å²) in [4.78, 5) is 22.4. The van der Waals surface area contributed by atoms with Crippen LogP contribution in [0, 0.1) is 22.6 Å². The number of carbonyl (C=O) groups is 1. The number of methoxy groups -OCH3 is 1. The number of nitrogens with zero attached hydrogens (tertiary/aromatic N) is 1. The molecule has 0 spiro atoms. The second-order valence-corrected chi connectivity index (χ2v) is 8.73. The Hall–Kier alpha value is -1.86. The van der Waals surface area contributed by atoms with E-state index in [0.29, 0.717) is 38.5 Å². The van der Waals surface area contributed by atoms with Crippen LogP contribution in [0.4, 0.5) is 4.39 Å². The van der Waals surface area contributed by atoms with E-state index in [1.807, 2.05) is 6.07 Å². The van der Waals surface area contributed by atoms with Gasteiger partial charge in [0.25, 0.3) is 0 Å². The SMILES string of the molecule is COC(=O)CCCCCCC1C(O)CC(N=O)C1CCC(O)CCc1cccc(F)c1. The van der Waals surface area contributed by atoms with Gasteiger partial charge < -0.3 is 14.9 Å². The van der Waals surface area contributed by atoms with Gasteiger partial charge in [-0.2, -0.15) is 4.91 Å². The second kappa shape index (κ2) is 13.5. The molecule has 5 atom stereocenters. The van der Waals surface area contributed by atoms with E-state index in [-0.39, 0.29) is 23.6 Å². The normalized spacial score (nSPS) is 24.1. The number of hydrogen-bond donors (Lipinski definition) is 2. The third-order valence-corrected chi connectivity index (χ3v) is 6.54. The number of unbranched alkanes of at least 4 members (excludes halogenated alkanes) is 3. The molecule has 6 nitrogen and oxygen atoms in total. The van der Waals surface area contributed by atoms with Gasteiger partial charge >= 0.3 is 5.97 Å². The summed E-state index contributed by atoms with van der Waals surface area (Å²) in [5.74, 6) is -0.479. The third kappa shape index (κ3) is 8.65. The van der Waals surface area contributed by atoms with Crippen molar-refractivity contribution in [1.29, 1.82) is 0 Å². The molecule has 0 saturated heterocycles. The van der Waals surface area contributed by atoms with Gasteiger partial charge in [0.2, 0.25) is 0 Å². The summed E-state index contributed by atoms with van der Waals surface area (Å²) >= 11 is 0. The summed E-state index contributed by atoms with van der Waals surface area (Å²) in [6, 6.07) is 5.98. The molecule has 1 aliphatic rings. The standard InChI is InChI=1S/C24H36FNO5/c1-31-24(29)10-5-3-2-4-9-21-20(22(26-30)16-23(21)28)14-13-19(27)12-11-17-7-6-8-18(25)15-17/h6-8,15,19-23,27-28H,2-5,9-14,16H2,1H3. The number of aryl methyl sites for hydroxylation is 1. The molecule has 31 heavy (non-hydrogen) atoms. The lowest BCUT2D eigenvalue weighted by molar-refractivity contribution is -0.140. The molecule has 7 heteroatoms. The molecule has 1 saturated carbocycles. The summed E-state index contributed by atoms with van der Waals surface area (Å²) in [7, 11) is 1.39. The van der Waals surface area contributed by atoms with Crippen molar-refractivity contribution in [1.82, 2.24) is 0 Å². The molecule has 0 radical (unpaired) electrons. The van der Waals surface area contributed by atoms with Crippen LogP contribution in [-0.2, 0) is 16.0 Å². The summed E-state index contributed by atoms with van der Waals surface area (Å²) in [6.07, 6.45) is 6.47. The molecule has 0 aromatic heterocycles. The molecular weight excluding hydrogens is 401 g/mol. The summed E-state index contributed by atoms with van der Waals surface area (Å²) in [5.41, 5.74) is 0.854. The number of aliphatic hydroxyl groups excluding tert-OH is 2. The average Bonchev–Trinajstić information content (AvgIpc) is 3.07. The van der Waals surface area contributed by atoms with Crippen molar-refractivity contribution in [2.24, 2.45) is 17.0 Å². The minimum absolute atomic E-state index is 0.0127. The van der Waals surface area contributed by atoms with E-state index in [9.17, 15) is 24.3 Å². The minimum atomic E-state index is -0.535. The number of halogens is 1. The lowest BCUT2D eigenvalue weighted by Crippen LogP contribution is -2.23. The van der Waals surface area contributed by atoms with Crippen molar-refractivity contribution in [2.45, 2.75) is 88.9 Å². The van der Waals surface area contributed by atoms with Crippen LogP contribution in [0.2, 0.25) is 0 Å². The molecule has 0 bridgehead atoms. The van der Waals surface area contributed by atoms with Crippen molar-refractivity contribution >= 4 is 5.97 Å². The Morgan fingerprint density at radius 3 is 2.68 bits per heavy atom. The smallest absolute Gasteiger partial charge is 0.305 e. The van der Waals surface area contributed by atoms with Crippen LogP contribution in [0.5, 0.6) is 0 Å². The van der Waals surface area contributed by atoms with Gasteiger partial charge in [-0.1, -0.05) is 36.6 Å². The molecule has 0 heterocycles. The molecular formula is C24H36FNO5. The van der Waals surface area contributed by atoms with Crippen LogP contribution in [0.3, 0.4) is 0 Å². The first-order valence-corrected chi connectivity index (χ1v) is 11.4. The van der Waals surface area contributed by atoms with Crippen LogP contribution < -0.4 is 0 Å². The van der Waals surface area contributed by atoms with Crippen LogP contribution in [0.15, 0.2) is 29.4 Å². The van der Waals surface area contributed by atoms with E-state index in [1.165, 1.54) is 19.2 Å². The van der Waals surface area contributed by atoms with Gasteiger partial charge in [-0.05, 0) is 74.5 Å². The van der Waals surface area contributed by atoms with Gasteiger partial charge in [-0.25, -0.2) is 4.39 Å². The molecule has 0 aliphatic heterocycles. The average molecular weight is 438 g/mol. The maximum absolute atomic E-state index is 13.3. The largest absolute Gasteiger partial charge is 0.469 e. The van der Waals surface area contributed by atoms with E-state index >= 15 is 0 Å². The Balaban J connectivity index is 1.75. The number of esters is 1. The van der Waals surface area contributed by atoms with Crippen molar-refractivity contribution in [3.8, 4) is 0 Å². The lowest BCUT2D eigenvalue weighted by atomic mass is 9.84. The van der Waals surface area contributed by atoms with E-state index < -0.39 is 18.2 Å². The highest BCUT2D eigenvalue weighted by molar-refractivity contribution is 5.68. The molecule has 1 aromatic rings. The predicted molar refractivity (Wildman–Crippen MR) is 117 cm³/mol. The third-order valence-electron chi connectivity index (χ3n) is 6.54. The molecule has 1 fully saturated rings. The van der Waals surface area contributed by atoms with E-state index in [1.54, 1.807) is 6.07 Å². The van der Waals surface area contributed by atoms with Gasteiger partial charge in [0.15, 0.2) is 0 Å². The maximum Gasteiger partial charge on any atom is 0.305 e. The number of benzene rings is 1. The molecule has 0 amide bonds. The fourth-order valence-corrected chi connectivity index (χ4v) is 4.76. The minimum Gasteiger partial charge on any atom is -0.469 e. The van der Waals surface area contributed by atoms with E-state index in [0.717, 1.165) is 37.7 Å². The number of nitroso groups, excluding NO2 is 1. The number of hydrogen-bond acceptors (Lipinski definition) is 6. The highest BCUT2D eigenvalue weighted by Crippen LogP contribution is 2.41. The van der Waals surface area contributed by atoms with Gasteiger partial charge in [-0.3, -0.25) is 4.79 Å².